The van der Waals surface area contributed by atoms with Crippen LogP contribution in [-0.2, 0) is 23.4 Å². The number of hydrogen-bond acceptors (Lipinski definition) is 9. The number of H-pyrrole nitrogens is 1. The number of hydrogen-bond donors (Lipinski definition) is 3. The van der Waals surface area contributed by atoms with Gasteiger partial charge in [0.25, 0.3) is 5.56 Å². The van der Waals surface area contributed by atoms with Gasteiger partial charge < -0.3 is 19.1 Å². The molecule has 0 bridgehead atoms. The van der Waals surface area contributed by atoms with Crippen LogP contribution in [-0.4, -0.2) is 57.3 Å². The van der Waals surface area contributed by atoms with Gasteiger partial charge in [0.1, 0.15) is 24.0 Å². The summed E-state index contributed by atoms with van der Waals surface area (Å²) in [4.78, 5) is 37.4. The predicted octanol–water partition coefficient (Wildman–Crippen LogP) is 1.80. The summed E-state index contributed by atoms with van der Waals surface area (Å²) in [6, 6.07) is 6.66. The number of esters is 1. The van der Waals surface area contributed by atoms with Gasteiger partial charge in [0.2, 0.25) is 5.82 Å². The lowest BCUT2D eigenvalue weighted by Gasteiger charge is -2.25. The third-order valence-corrected chi connectivity index (χ3v) is 6.97. The number of halogens is 2. The zero-order valence-corrected chi connectivity index (χ0v) is 21.3. The molecule has 1 aromatic heterocycles. The van der Waals surface area contributed by atoms with Crippen molar-refractivity contribution in [2.45, 2.75) is 63.9 Å². The molecule has 1 aliphatic heterocycles. The van der Waals surface area contributed by atoms with Crippen LogP contribution in [0.25, 0.3) is 0 Å². The van der Waals surface area contributed by atoms with E-state index in [4.69, 9.17) is 18.5 Å². The first kappa shape index (κ1) is 28.7. The van der Waals surface area contributed by atoms with Gasteiger partial charge in [-0.15, -0.1) is 0 Å². The molecule has 37 heavy (non-hydrogen) atoms. The van der Waals surface area contributed by atoms with Crippen LogP contribution in [0.5, 0.6) is 5.75 Å². The molecule has 3 N–H and O–H groups in total. The lowest BCUT2D eigenvalue weighted by Crippen LogP contribution is -2.44. The number of aliphatic hydroxyl groups is 1. The van der Waals surface area contributed by atoms with Crippen LogP contribution in [0.3, 0.4) is 0 Å². The van der Waals surface area contributed by atoms with Crippen LogP contribution in [0, 0.1) is 5.82 Å². The number of alkyl halides is 1. The maximum atomic E-state index is 15.4. The highest BCUT2D eigenvalue weighted by Gasteiger charge is 2.56. The maximum absolute atomic E-state index is 15.4. The summed E-state index contributed by atoms with van der Waals surface area (Å²) < 4.78 is 64.6. The van der Waals surface area contributed by atoms with E-state index in [0.29, 0.717) is 10.8 Å². The first-order valence-corrected chi connectivity index (χ1v) is 12.8. The normalized spacial score (nSPS) is 26.0. The van der Waals surface area contributed by atoms with E-state index in [2.05, 4.69) is 5.09 Å². The van der Waals surface area contributed by atoms with Crippen LogP contribution in [0.15, 0.2) is 46.1 Å². The van der Waals surface area contributed by atoms with Gasteiger partial charge >= 0.3 is 19.4 Å². The van der Waals surface area contributed by atoms with E-state index in [1.807, 2.05) is 0 Å². The van der Waals surface area contributed by atoms with Crippen molar-refractivity contribution in [2.75, 3.05) is 6.61 Å². The molecule has 1 saturated heterocycles. The molecule has 2 aromatic rings. The minimum Gasteiger partial charge on any atom is -0.462 e. The number of rotatable bonds is 10. The van der Waals surface area contributed by atoms with Crippen molar-refractivity contribution in [3.05, 3.63) is 63.2 Å². The molecule has 3 rings (SSSR count). The van der Waals surface area contributed by atoms with Gasteiger partial charge in [0.15, 0.2) is 11.9 Å². The standard InChI is InChI=1S/C22H28F2N3O9P/c1-12(2)34-19(30)13(3)26-37(32,36-14-8-6-5-7-9-14)33-11-16-17(28)22(4,24)20(35-16)27-10-15(23)18(29)25-21(27)31/h5-10,12-13,16-17,20,28H,11H2,1-4H3,(H,26,32)(H,25,29,31). The number of ether oxygens (including phenoxy) is 2. The Balaban J connectivity index is 1.82. The topological polar surface area (TPSA) is 158 Å². The van der Waals surface area contributed by atoms with Crippen LogP contribution in [0.1, 0.15) is 33.9 Å². The van der Waals surface area contributed by atoms with Gasteiger partial charge in [-0.05, 0) is 39.8 Å². The molecule has 0 aliphatic carbocycles. The van der Waals surface area contributed by atoms with E-state index in [1.54, 1.807) is 37.0 Å². The quantitative estimate of drug-likeness (QED) is 0.296. The molecule has 0 spiro atoms. The number of aromatic nitrogens is 2. The molecule has 6 unspecified atom stereocenters. The van der Waals surface area contributed by atoms with Crippen molar-refractivity contribution >= 4 is 13.7 Å². The Kier molecular flexibility index (Phi) is 8.70. The molecular weight excluding hydrogens is 519 g/mol. The first-order valence-electron chi connectivity index (χ1n) is 11.2. The Morgan fingerprint density at radius 3 is 2.57 bits per heavy atom. The summed E-state index contributed by atoms with van der Waals surface area (Å²) in [5.41, 5.74) is -5.14. The van der Waals surface area contributed by atoms with E-state index in [9.17, 15) is 28.4 Å². The smallest absolute Gasteiger partial charge is 0.459 e. The summed E-state index contributed by atoms with van der Waals surface area (Å²) in [7, 11) is -4.37. The second-order valence-corrected chi connectivity index (χ2v) is 10.5. The van der Waals surface area contributed by atoms with Crippen molar-refractivity contribution < 1.29 is 41.8 Å². The highest BCUT2D eigenvalue weighted by molar-refractivity contribution is 7.52. The van der Waals surface area contributed by atoms with E-state index >= 15 is 4.39 Å². The van der Waals surface area contributed by atoms with E-state index < -0.39 is 73.6 Å². The molecular formula is C22H28F2N3O9P. The number of carbonyl (C=O) groups excluding carboxylic acids is 1. The monoisotopic (exact) mass is 547 g/mol. The van der Waals surface area contributed by atoms with Crippen molar-refractivity contribution in [1.82, 2.24) is 14.6 Å². The Bertz CT molecular complexity index is 1270. The van der Waals surface area contributed by atoms with E-state index in [0.717, 1.165) is 6.92 Å². The Hall–Kier alpha value is -2.90. The molecule has 0 radical (unpaired) electrons. The maximum Gasteiger partial charge on any atom is 0.459 e. The van der Waals surface area contributed by atoms with Crippen molar-refractivity contribution in [3.63, 3.8) is 0 Å². The Labute approximate surface area is 210 Å². The molecule has 204 valence electrons. The molecule has 0 amide bonds. The van der Waals surface area contributed by atoms with Gasteiger partial charge in [-0.25, -0.2) is 13.8 Å². The van der Waals surface area contributed by atoms with Gasteiger partial charge in [-0.3, -0.25) is 23.7 Å². The number of aromatic amines is 1. The number of aliphatic hydroxyl groups excluding tert-OH is 1. The predicted molar refractivity (Wildman–Crippen MR) is 125 cm³/mol. The van der Waals surface area contributed by atoms with Gasteiger partial charge in [0.05, 0.1) is 18.9 Å². The highest BCUT2D eigenvalue weighted by atomic mass is 31.2. The van der Waals surface area contributed by atoms with E-state index in [1.165, 1.54) is 19.1 Å². The SMILES string of the molecule is CC(C)OC(=O)C(C)NP(=O)(OCC1OC(n2cc(F)c(=O)[nH]c2=O)C(C)(F)C1O)Oc1ccccc1. The average molecular weight is 547 g/mol. The average Bonchev–Trinajstić information content (AvgIpc) is 3.03. The molecule has 1 fully saturated rings. The second kappa shape index (κ2) is 11.2. The summed E-state index contributed by atoms with van der Waals surface area (Å²) in [5, 5.41) is 13.0. The molecule has 1 aliphatic rings. The first-order chi connectivity index (χ1) is 17.2. The Morgan fingerprint density at radius 2 is 1.95 bits per heavy atom. The number of carbonyl (C=O) groups is 1. The van der Waals surface area contributed by atoms with Crippen molar-refractivity contribution in [1.29, 1.82) is 0 Å². The fourth-order valence-electron chi connectivity index (χ4n) is 3.49. The number of nitrogens with one attached hydrogen (secondary N) is 2. The molecule has 12 nitrogen and oxygen atoms in total. The van der Waals surface area contributed by atoms with Crippen LogP contribution < -0.4 is 20.9 Å². The summed E-state index contributed by atoms with van der Waals surface area (Å²) in [6.07, 6.45) is -5.32. The number of nitrogens with zero attached hydrogens (tertiary/aromatic N) is 1. The largest absolute Gasteiger partial charge is 0.462 e. The van der Waals surface area contributed by atoms with Gasteiger partial charge in [0, 0.05) is 0 Å². The lowest BCUT2D eigenvalue weighted by molar-refractivity contribution is -0.149. The fraction of sp³-hybridized carbons (Fsp3) is 0.500. The zero-order valence-electron chi connectivity index (χ0n) is 20.4. The summed E-state index contributed by atoms with van der Waals surface area (Å²) in [6.45, 7) is 4.79. The molecule has 2 heterocycles. The molecule has 6 atom stereocenters. The van der Waals surface area contributed by atoms with Crippen LogP contribution >= 0.6 is 7.75 Å². The van der Waals surface area contributed by atoms with Crippen molar-refractivity contribution in [2.24, 2.45) is 0 Å². The third-order valence-electron chi connectivity index (χ3n) is 5.33. The number of benzene rings is 1. The van der Waals surface area contributed by atoms with Gasteiger partial charge in [-0.1, -0.05) is 18.2 Å². The van der Waals surface area contributed by atoms with Crippen LogP contribution in [0.2, 0.25) is 0 Å². The molecule has 1 aromatic carbocycles. The highest BCUT2D eigenvalue weighted by Crippen LogP contribution is 2.47. The minimum absolute atomic E-state index is 0.110. The van der Waals surface area contributed by atoms with Gasteiger partial charge in [-0.2, -0.15) is 9.48 Å². The molecule has 15 heteroatoms. The minimum atomic E-state index is -4.37. The summed E-state index contributed by atoms with van der Waals surface area (Å²) in [5.74, 6) is -2.01. The Morgan fingerprint density at radius 1 is 1.30 bits per heavy atom. The van der Waals surface area contributed by atoms with Crippen molar-refractivity contribution in [3.8, 4) is 5.75 Å². The summed E-state index contributed by atoms with van der Waals surface area (Å²) >= 11 is 0. The lowest BCUT2D eigenvalue weighted by atomic mass is 9.98. The van der Waals surface area contributed by atoms with Crippen LogP contribution in [0.4, 0.5) is 8.78 Å². The fourth-order valence-corrected chi connectivity index (χ4v) is 4.99. The zero-order chi connectivity index (χ0) is 27.5. The second-order valence-electron chi connectivity index (χ2n) is 8.80. The third kappa shape index (κ3) is 6.70. The van der Waals surface area contributed by atoms with E-state index in [-0.39, 0.29) is 5.75 Å². The number of para-hydroxylation sites is 1. The molecule has 0 saturated carbocycles.